The number of hydrogen-bond acceptors (Lipinski definition) is 4. The average Bonchev–Trinajstić information content (AvgIpc) is 2.05. The van der Waals surface area contributed by atoms with Gasteiger partial charge in [-0.05, 0) is 0 Å². The van der Waals surface area contributed by atoms with Crippen molar-refractivity contribution >= 4 is 12.2 Å². The Kier molecular flexibility index (Phi) is 2.38. The summed E-state index contributed by atoms with van der Waals surface area (Å²) in [7, 11) is 1.34. The summed E-state index contributed by atoms with van der Waals surface area (Å²) in [5, 5.41) is 0. The highest BCUT2D eigenvalue weighted by Crippen LogP contribution is 2.05. The predicted molar refractivity (Wildman–Crippen MR) is 41.2 cm³/mol. The van der Waals surface area contributed by atoms with Crippen molar-refractivity contribution in [2.75, 3.05) is 7.11 Å². The molecule has 0 aliphatic carbocycles. The minimum Gasteiger partial charge on any atom is -0.465 e. The molecule has 0 saturated heterocycles. The van der Waals surface area contributed by atoms with E-state index < -0.39 is 0 Å². The Hall–Kier alpha value is -1.16. The van der Waals surface area contributed by atoms with Crippen LogP contribution in [-0.2, 0) is 9.53 Å². The second-order valence-corrected chi connectivity index (χ2v) is 2.23. The molecule has 1 heterocycles. The lowest BCUT2D eigenvalue weighted by Gasteiger charge is -2.08. The standard InChI is InChI=1S/C7H10N2O2/c1-11-7(10)5-2-3-6(8)9-4-5/h2,4,6H,3,8H2,1H3. The van der Waals surface area contributed by atoms with E-state index in [0.717, 1.165) is 0 Å². The molecule has 1 aliphatic heterocycles. The van der Waals surface area contributed by atoms with Gasteiger partial charge in [-0.3, -0.25) is 4.99 Å². The molecule has 0 spiro atoms. The third-order valence-corrected chi connectivity index (χ3v) is 1.41. The van der Waals surface area contributed by atoms with Crippen LogP contribution in [0.15, 0.2) is 16.6 Å². The normalized spacial score (nSPS) is 22.7. The molecule has 1 rings (SSSR count). The summed E-state index contributed by atoms with van der Waals surface area (Å²) in [4.78, 5) is 14.7. The van der Waals surface area contributed by atoms with Crippen LogP contribution < -0.4 is 5.73 Å². The summed E-state index contributed by atoms with van der Waals surface area (Å²) in [6.45, 7) is 0. The summed E-state index contributed by atoms with van der Waals surface area (Å²) in [5.41, 5.74) is 5.92. The van der Waals surface area contributed by atoms with Crippen LogP contribution in [0.1, 0.15) is 6.42 Å². The Morgan fingerprint density at radius 1 is 1.91 bits per heavy atom. The van der Waals surface area contributed by atoms with Crippen molar-refractivity contribution in [3.05, 3.63) is 11.6 Å². The van der Waals surface area contributed by atoms with Crippen LogP contribution in [0.4, 0.5) is 0 Å². The highest BCUT2D eigenvalue weighted by molar-refractivity contribution is 6.09. The molecule has 0 aromatic heterocycles. The van der Waals surface area contributed by atoms with E-state index in [-0.39, 0.29) is 12.1 Å². The summed E-state index contributed by atoms with van der Waals surface area (Å²) in [5.74, 6) is -0.361. The third-order valence-electron chi connectivity index (χ3n) is 1.41. The lowest BCUT2D eigenvalue weighted by atomic mass is 10.2. The zero-order chi connectivity index (χ0) is 8.27. The highest BCUT2D eigenvalue weighted by Gasteiger charge is 2.11. The van der Waals surface area contributed by atoms with Crippen molar-refractivity contribution in [2.45, 2.75) is 12.6 Å². The van der Waals surface area contributed by atoms with Crippen LogP contribution in [-0.4, -0.2) is 25.5 Å². The van der Waals surface area contributed by atoms with Gasteiger partial charge in [-0.2, -0.15) is 0 Å². The van der Waals surface area contributed by atoms with E-state index >= 15 is 0 Å². The van der Waals surface area contributed by atoms with Crippen molar-refractivity contribution in [3.63, 3.8) is 0 Å². The van der Waals surface area contributed by atoms with Gasteiger partial charge in [0, 0.05) is 12.6 Å². The minimum atomic E-state index is -0.361. The van der Waals surface area contributed by atoms with Crippen LogP contribution in [0.3, 0.4) is 0 Å². The molecule has 2 N–H and O–H groups in total. The van der Waals surface area contributed by atoms with Crippen LogP contribution in [0.2, 0.25) is 0 Å². The molecule has 60 valence electrons. The number of hydrogen-bond donors (Lipinski definition) is 1. The van der Waals surface area contributed by atoms with Gasteiger partial charge < -0.3 is 10.5 Å². The number of nitrogens with two attached hydrogens (primary N) is 1. The smallest absolute Gasteiger partial charge is 0.339 e. The summed E-state index contributed by atoms with van der Waals surface area (Å²) in [6, 6.07) is 0. The highest BCUT2D eigenvalue weighted by atomic mass is 16.5. The molecular formula is C7H10N2O2. The zero-order valence-electron chi connectivity index (χ0n) is 6.28. The largest absolute Gasteiger partial charge is 0.465 e. The molecule has 0 aromatic carbocycles. The van der Waals surface area contributed by atoms with Gasteiger partial charge in [0.2, 0.25) is 0 Å². The molecule has 0 fully saturated rings. The number of carbonyl (C=O) groups is 1. The number of ether oxygens (including phenoxy) is 1. The second kappa shape index (κ2) is 3.30. The Balaban J connectivity index is 2.63. The molecule has 1 unspecified atom stereocenters. The van der Waals surface area contributed by atoms with E-state index in [2.05, 4.69) is 9.73 Å². The number of dihydropyridines is 1. The lowest BCUT2D eigenvalue weighted by Crippen LogP contribution is -2.21. The molecule has 0 bridgehead atoms. The fourth-order valence-corrected chi connectivity index (χ4v) is 0.791. The van der Waals surface area contributed by atoms with Gasteiger partial charge in [0.05, 0.1) is 12.7 Å². The second-order valence-electron chi connectivity index (χ2n) is 2.23. The molecule has 4 heteroatoms. The van der Waals surface area contributed by atoms with Crippen LogP contribution in [0, 0.1) is 0 Å². The van der Waals surface area contributed by atoms with Crippen LogP contribution in [0.5, 0.6) is 0 Å². The minimum absolute atomic E-state index is 0.205. The maximum Gasteiger partial charge on any atom is 0.339 e. The first-order valence-electron chi connectivity index (χ1n) is 3.31. The van der Waals surface area contributed by atoms with Crippen molar-refractivity contribution in [1.82, 2.24) is 0 Å². The van der Waals surface area contributed by atoms with E-state index in [1.54, 1.807) is 6.08 Å². The van der Waals surface area contributed by atoms with E-state index in [0.29, 0.717) is 12.0 Å². The van der Waals surface area contributed by atoms with E-state index in [1.807, 2.05) is 0 Å². The quantitative estimate of drug-likeness (QED) is 0.534. The maximum absolute atomic E-state index is 10.9. The van der Waals surface area contributed by atoms with E-state index in [9.17, 15) is 4.79 Å². The summed E-state index contributed by atoms with van der Waals surface area (Å²) in [6.07, 6.45) is 3.56. The lowest BCUT2D eigenvalue weighted by molar-refractivity contribution is -0.135. The van der Waals surface area contributed by atoms with Crippen molar-refractivity contribution in [2.24, 2.45) is 10.7 Å². The molecule has 0 saturated carbocycles. The van der Waals surface area contributed by atoms with Crippen molar-refractivity contribution in [3.8, 4) is 0 Å². The van der Waals surface area contributed by atoms with E-state index in [1.165, 1.54) is 13.3 Å². The maximum atomic E-state index is 10.9. The first kappa shape index (κ1) is 7.94. The van der Waals surface area contributed by atoms with Crippen LogP contribution >= 0.6 is 0 Å². The van der Waals surface area contributed by atoms with Gasteiger partial charge in [0.1, 0.15) is 6.17 Å². The average molecular weight is 154 g/mol. The van der Waals surface area contributed by atoms with Gasteiger partial charge in [-0.25, -0.2) is 4.79 Å². The Morgan fingerprint density at radius 3 is 3.09 bits per heavy atom. The first-order valence-corrected chi connectivity index (χ1v) is 3.31. The predicted octanol–water partition coefficient (Wildman–Crippen LogP) is -0.155. The molecule has 1 aliphatic rings. The molecule has 4 nitrogen and oxygen atoms in total. The first-order chi connectivity index (χ1) is 5.24. The Bertz CT molecular complexity index is 220. The molecule has 0 radical (unpaired) electrons. The summed E-state index contributed by atoms with van der Waals surface area (Å²) >= 11 is 0. The zero-order valence-corrected chi connectivity index (χ0v) is 6.28. The molecule has 0 amide bonds. The Labute approximate surface area is 64.7 Å². The number of aliphatic imine (C=N–C) groups is 1. The topological polar surface area (TPSA) is 64.7 Å². The van der Waals surface area contributed by atoms with Gasteiger partial charge >= 0.3 is 5.97 Å². The third kappa shape index (κ3) is 1.88. The molecule has 0 aromatic rings. The SMILES string of the molecule is COC(=O)C1=CCC(N)N=C1. The number of carbonyl (C=O) groups excluding carboxylic acids is 1. The van der Waals surface area contributed by atoms with Crippen molar-refractivity contribution < 1.29 is 9.53 Å². The van der Waals surface area contributed by atoms with Crippen molar-refractivity contribution in [1.29, 1.82) is 0 Å². The molecule has 1 atom stereocenters. The van der Waals surface area contributed by atoms with Gasteiger partial charge in [0.25, 0.3) is 0 Å². The summed E-state index contributed by atoms with van der Waals surface area (Å²) < 4.78 is 4.49. The molecule has 11 heavy (non-hydrogen) atoms. The van der Waals surface area contributed by atoms with Gasteiger partial charge in [-0.1, -0.05) is 6.08 Å². The Morgan fingerprint density at radius 2 is 2.64 bits per heavy atom. The van der Waals surface area contributed by atoms with Gasteiger partial charge in [-0.15, -0.1) is 0 Å². The fraction of sp³-hybridized carbons (Fsp3) is 0.429. The number of rotatable bonds is 1. The monoisotopic (exact) mass is 154 g/mol. The molecular weight excluding hydrogens is 144 g/mol. The number of esters is 1. The van der Waals surface area contributed by atoms with Crippen LogP contribution in [0.25, 0.3) is 0 Å². The number of methoxy groups -OCH3 is 1. The number of nitrogens with zero attached hydrogens (tertiary/aromatic N) is 1. The fourth-order valence-electron chi connectivity index (χ4n) is 0.791. The van der Waals surface area contributed by atoms with Gasteiger partial charge in [0.15, 0.2) is 0 Å². The van der Waals surface area contributed by atoms with E-state index in [4.69, 9.17) is 5.73 Å².